The van der Waals surface area contributed by atoms with Crippen LogP contribution in [0.4, 0.5) is 0 Å². The normalized spacial score (nSPS) is 28.5. The zero-order valence-corrected chi connectivity index (χ0v) is 16.4. The Morgan fingerprint density at radius 3 is 2.46 bits per heavy atom. The highest BCUT2D eigenvalue weighted by Crippen LogP contribution is 2.58. The highest BCUT2D eigenvalue weighted by Gasteiger charge is 2.54. The van der Waals surface area contributed by atoms with E-state index in [1.165, 1.54) is 22.3 Å². The first kappa shape index (κ1) is 17.5. The molecule has 2 aliphatic carbocycles. The smallest absolute Gasteiger partial charge is 0.138 e. The second-order valence-corrected chi connectivity index (χ2v) is 8.98. The predicted octanol–water partition coefficient (Wildman–Crippen LogP) is 5.34. The minimum absolute atomic E-state index is 0.0812. The van der Waals surface area contributed by atoms with Crippen molar-refractivity contribution in [2.45, 2.75) is 78.6 Å². The zero-order valence-electron chi connectivity index (χ0n) is 16.4. The molecule has 24 heavy (non-hydrogen) atoms. The molecule has 1 aromatic carbocycles. The Balaban J connectivity index is 2.24. The van der Waals surface area contributed by atoms with Gasteiger partial charge in [-0.15, -0.1) is 0 Å². The fourth-order valence-electron chi connectivity index (χ4n) is 5.73. The van der Waals surface area contributed by atoms with Gasteiger partial charge in [0.05, 0.1) is 7.11 Å². The van der Waals surface area contributed by atoms with Crippen LogP contribution in [0.1, 0.15) is 82.1 Å². The highest BCUT2D eigenvalue weighted by molar-refractivity contribution is 5.86. The van der Waals surface area contributed by atoms with Gasteiger partial charge in [-0.3, -0.25) is 4.79 Å². The molecule has 0 spiro atoms. The lowest BCUT2D eigenvalue weighted by atomic mass is 9.49. The van der Waals surface area contributed by atoms with Crippen LogP contribution in [0.3, 0.4) is 0 Å². The van der Waals surface area contributed by atoms with Gasteiger partial charge >= 0.3 is 0 Å². The summed E-state index contributed by atoms with van der Waals surface area (Å²) in [6, 6.07) is 2.33. The van der Waals surface area contributed by atoms with Crippen LogP contribution in [-0.4, -0.2) is 12.9 Å². The summed E-state index contributed by atoms with van der Waals surface area (Å²) in [5, 5.41) is 0. The van der Waals surface area contributed by atoms with Crippen LogP contribution in [0.5, 0.6) is 5.75 Å². The number of hydrogen-bond acceptors (Lipinski definition) is 2. The number of hydrogen-bond donors (Lipinski definition) is 0. The Morgan fingerprint density at radius 2 is 1.88 bits per heavy atom. The summed E-state index contributed by atoms with van der Waals surface area (Å²) in [6.07, 6.45) is 3.78. The van der Waals surface area contributed by atoms with E-state index in [-0.39, 0.29) is 10.8 Å². The number of carbonyl (C=O) groups excluding carboxylic acids is 1. The van der Waals surface area contributed by atoms with Crippen LogP contribution in [-0.2, 0) is 16.6 Å². The molecule has 132 valence electrons. The van der Waals surface area contributed by atoms with Crippen molar-refractivity contribution in [1.82, 2.24) is 0 Å². The lowest BCUT2D eigenvalue weighted by molar-refractivity contribution is -0.137. The maximum absolute atomic E-state index is 12.6. The van der Waals surface area contributed by atoms with Gasteiger partial charge in [0, 0.05) is 11.8 Å². The molecule has 1 fully saturated rings. The third kappa shape index (κ3) is 2.25. The lowest BCUT2D eigenvalue weighted by Gasteiger charge is -2.54. The van der Waals surface area contributed by atoms with Gasteiger partial charge in [0.25, 0.3) is 0 Å². The first-order valence-corrected chi connectivity index (χ1v) is 9.38. The number of benzene rings is 1. The molecule has 0 radical (unpaired) electrons. The molecule has 1 aromatic rings. The van der Waals surface area contributed by atoms with Crippen LogP contribution in [0.25, 0.3) is 0 Å². The molecular weight excluding hydrogens is 296 g/mol. The van der Waals surface area contributed by atoms with Gasteiger partial charge in [-0.2, -0.15) is 0 Å². The van der Waals surface area contributed by atoms with E-state index < -0.39 is 0 Å². The predicted molar refractivity (Wildman–Crippen MR) is 99.0 cm³/mol. The molecule has 0 heterocycles. The molecule has 2 heteroatoms. The maximum atomic E-state index is 12.6. The molecule has 0 aromatic heterocycles. The van der Waals surface area contributed by atoms with Crippen LogP contribution in [0.15, 0.2) is 6.07 Å². The topological polar surface area (TPSA) is 26.3 Å². The third-order valence-electron chi connectivity index (χ3n) is 6.91. The summed E-state index contributed by atoms with van der Waals surface area (Å²) in [4.78, 5) is 12.6. The molecule has 0 bridgehead atoms. The summed E-state index contributed by atoms with van der Waals surface area (Å²) in [7, 11) is 1.81. The largest absolute Gasteiger partial charge is 0.496 e. The number of rotatable bonds is 2. The van der Waals surface area contributed by atoms with Gasteiger partial charge in [0.15, 0.2) is 0 Å². The summed E-state index contributed by atoms with van der Waals surface area (Å²) >= 11 is 0. The number of ketones is 1. The van der Waals surface area contributed by atoms with E-state index in [0.29, 0.717) is 24.0 Å². The lowest BCUT2D eigenvalue weighted by Crippen LogP contribution is -2.52. The van der Waals surface area contributed by atoms with E-state index in [0.717, 1.165) is 25.0 Å². The standard InChI is InChI=1S/C22H32O2/c1-13(2)16-12-14(3)19-15(20(16)24-7)8-9-17-21(4,5)18(23)10-11-22(17,19)6/h12-13,17H,8-11H2,1-7H3. The van der Waals surface area contributed by atoms with Gasteiger partial charge < -0.3 is 4.74 Å². The van der Waals surface area contributed by atoms with Crippen LogP contribution in [0.2, 0.25) is 0 Å². The van der Waals surface area contributed by atoms with Gasteiger partial charge in [-0.05, 0) is 65.7 Å². The molecule has 0 N–H and O–H groups in total. The Labute approximate surface area is 147 Å². The minimum atomic E-state index is -0.221. The van der Waals surface area contributed by atoms with Crippen LogP contribution < -0.4 is 4.74 Å². The quantitative estimate of drug-likeness (QED) is 0.733. The van der Waals surface area contributed by atoms with Crippen molar-refractivity contribution in [2.24, 2.45) is 11.3 Å². The summed E-state index contributed by atoms with van der Waals surface area (Å²) in [5.74, 6) is 2.42. The van der Waals surface area contributed by atoms with E-state index in [1.807, 2.05) is 0 Å². The van der Waals surface area contributed by atoms with E-state index in [1.54, 1.807) is 7.11 Å². The molecule has 0 saturated heterocycles. The van der Waals surface area contributed by atoms with E-state index in [4.69, 9.17) is 4.74 Å². The summed E-state index contributed by atoms with van der Waals surface area (Å²) in [6.45, 7) is 13.4. The molecule has 0 aliphatic heterocycles. The second-order valence-electron chi connectivity index (χ2n) is 8.98. The van der Waals surface area contributed by atoms with E-state index >= 15 is 0 Å². The molecule has 1 saturated carbocycles. The SMILES string of the molecule is COc1c(C(C)C)cc(C)c2c1CCC1C(C)(C)C(=O)CCC21C. The number of ether oxygens (including phenoxy) is 1. The van der Waals surface area contributed by atoms with E-state index in [2.05, 4.69) is 47.6 Å². The number of fused-ring (bicyclic) bond motifs is 3. The van der Waals surface area contributed by atoms with Crippen molar-refractivity contribution >= 4 is 5.78 Å². The first-order chi connectivity index (χ1) is 11.1. The fourth-order valence-corrected chi connectivity index (χ4v) is 5.73. The zero-order chi connectivity index (χ0) is 17.9. The average molecular weight is 328 g/mol. The van der Waals surface area contributed by atoms with Crippen molar-refractivity contribution in [2.75, 3.05) is 7.11 Å². The summed E-state index contributed by atoms with van der Waals surface area (Å²) in [5.41, 5.74) is 5.44. The Hall–Kier alpha value is -1.31. The molecule has 2 atom stereocenters. The Morgan fingerprint density at radius 1 is 1.21 bits per heavy atom. The molecule has 2 unspecified atom stereocenters. The Bertz CT molecular complexity index is 684. The van der Waals surface area contributed by atoms with Crippen LogP contribution in [0, 0.1) is 18.3 Å². The first-order valence-electron chi connectivity index (χ1n) is 9.38. The van der Waals surface area contributed by atoms with Gasteiger partial charge in [0.1, 0.15) is 11.5 Å². The molecule has 2 nitrogen and oxygen atoms in total. The number of Topliss-reactive ketones (excluding diaryl/α,β-unsaturated/α-hetero) is 1. The average Bonchev–Trinajstić information content (AvgIpc) is 2.50. The molecule has 3 rings (SSSR count). The molecule has 2 aliphatic rings. The number of methoxy groups -OCH3 is 1. The Kier molecular flexibility index (Phi) is 4.09. The number of aryl methyl sites for hydroxylation is 1. The van der Waals surface area contributed by atoms with Crippen molar-refractivity contribution in [1.29, 1.82) is 0 Å². The van der Waals surface area contributed by atoms with Gasteiger partial charge in [0.2, 0.25) is 0 Å². The van der Waals surface area contributed by atoms with Crippen molar-refractivity contribution < 1.29 is 9.53 Å². The van der Waals surface area contributed by atoms with Gasteiger partial charge in [-0.25, -0.2) is 0 Å². The maximum Gasteiger partial charge on any atom is 0.138 e. The molecular formula is C22H32O2. The van der Waals surface area contributed by atoms with Crippen LogP contribution >= 0.6 is 0 Å². The summed E-state index contributed by atoms with van der Waals surface area (Å²) < 4.78 is 5.89. The fraction of sp³-hybridized carbons (Fsp3) is 0.682. The second kappa shape index (κ2) is 5.61. The van der Waals surface area contributed by atoms with Crippen molar-refractivity contribution in [3.8, 4) is 5.75 Å². The van der Waals surface area contributed by atoms with Crippen molar-refractivity contribution in [3.05, 3.63) is 28.3 Å². The minimum Gasteiger partial charge on any atom is -0.496 e. The third-order valence-corrected chi connectivity index (χ3v) is 6.91. The molecule has 0 amide bonds. The van der Waals surface area contributed by atoms with Crippen molar-refractivity contribution in [3.63, 3.8) is 0 Å². The van der Waals surface area contributed by atoms with Gasteiger partial charge in [-0.1, -0.05) is 40.7 Å². The highest BCUT2D eigenvalue weighted by atomic mass is 16.5. The monoisotopic (exact) mass is 328 g/mol. The number of carbonyl (C=O) groups is 1. The van der Waals surface area contributed by atoms with E-state index in [9.17, 15) is 4.79 Å².